The van der Waals surface area contributed by atoms with E-state index in [2.05, 4.69) is 15.0 Å². The van der Waals surface area contributed by atoms with E-state index in [1.807, 2.05) is 0 Å². The van der Waals surface area contributed by atoms with E-state index < -0.39 is 21.4 Å². The van der Waals surface area contributed by atoms with E-state index in [1.54, 1.807) is 5.38 Å². The average Bonchev–Trinajstić information content (AvgIpc) is 2.71. The molecule has 10 heteroatoms. The summed E-state index contributed by atoms with van der Waals surface area (Å²) < 4.78 is 24.3. The van der Waals surface area contributed by atoms with Crippen LogP contribution in [0.1, 0.15) is 19.5 Å². The standard InChI is InChI=1S/C11H17N3O5S2/c1-11(2,9(16)17)6-12-8(15)4-7-5-20-10(13-7)14-21(3,18)19/h5H,4,6H2,1-3H3,(H,12,15)(H,13,14)(H,16,17). The lowest BCUT2D eigenvalue weighted by Crippen LogP contribution is -2.39. The molecule has 0 bridgehead atoms. The molecule has 0 aliphatic heterocycles. The molecule has 0 unspecified atom stereocenters. The zero-order valence-corrected chi connectivity index (χ0v) is 13.5. The van der Waals surface area contributed by atoms with Crippen molar-refractivity contribution in [1.82, 2.24) is 10.3 Å². The maximum Gasteiger partial charge on any atom is 0.310 e. The van der Waals surface area contributed by atoms with Gasteiger partial charge in [0.15, 0.2) is 5.13 Å². The number of amides is 1. The highest BCUT2D eigenvalue weighted by molar-refractivity contribution is 7.92. The molecule has 0 saturated heterocycles. The number of aromatic nitrogens is 1. The molecule has 0 aliphatic carbocycles. The lowest BCUT2D eigenvalue weighted by molar-refractivity contribution is -0.146. The molecule has 0 aliphatic rings. The van der Waals surface area contributed by atoms with Gasteiger partial charge in [-0.15, -0.1) is 11.3 Å². The Morgan fingerprint density at radius 1 is 1.43 bits per heavy atom. The normalized spacial score (nSPS) is 12.0. The summed E-state index contributed by atoms with van der Waals surface area (Å²) in [6.07, 6.45) is 0.965. The smallest absolute Gasteiger partial charge is 0.310 e. The highest BCUT2D eigenvalue weighted by atomic mass is 32.2. The summed E-state index contributed by atoms with van der Waals surface area (Å²) in [5.74, 6) is -1.38. The number of aliphatic carboxylic acids is 1. The lowest BCUT2D eigenvalue weighted by atomic mass is 9.94. The molecule has 0 saturated carbocycles. The van der Waals surface area contributed by atoms with Gasteiger partial charge >= 0.3 is 5.97 Å². The Hall–Kier alpha value is -1.68. The summed E-state index contributed by atoms with van der Waals surface area (Å²) in [7, 11) is -3.40. The average molecular weight is 335 g/mol. The van der Waals surface area contributed by atoms with Crippen LogP contribution in [-0.4, -0.2) is 43.2 Å². The maximum absolute atomic E-state index is 11.7. The highest BCUT2D eigenvalue weighted by Gasteiger charge is 2.27. The molecule has 0 fully saturated rings. The Morgan fingerprint density at radius 2 is 2.05 bits per heavy atom. The predicted molar refractivity (Wildman–Crippen MR) is 78.7 cm³/mol. The number of carbonyl (C=O) groups excluding carboxylic acids is 1. The molecule has 0 spiro atoms. The van der Waals surface area contributed by atoms with E-state index in [-0.39, 0.29) is 24.0 Å². The van der Waals surface area contributed by atoms with Gasteiger partial charge in [-0.1, -0.05) is 0 Å². The first-order valence-electron chi connectivity index (χ1n) is 5.92. The van der Waals surface area contributed by atoms with E-state index >= 15 is 0 Å². The number of carbonyl (C=O) groups is 2. The van der Waals surface area contributed by atoms with Crippen molar-refractivity contribution < 1.29 is 23.1 Å². The zero-order valence-electron chi connectivity index (χ0n) is 11.8. The Kier molecular flexibility index (Phi) is 5.29. The van der Waals surface area contributed by atoms with Gasteiger partial charge < -0.3 is 10.4 Å². The molecule has 1 amide bonds. The van der Waals surface area contributed by atoms with Gasteiger partial charge in [0.1, 0.15) is 0 Å². The molecule has 118 valence electrons. The molecule has 1 heterocycles. The number of rotatable bonds is 7. The summed E-state index contributed by atoms with van der Waals surface area (Å²) in [5.41, 5.74) is -0.641. The van der Waals surface area contributed by atoms with Crippen molar-refractivity contribution in [3.05, 3.63) is 11.1 Å². The van der Waals surface area contributed by atoms with Crippen molar-refractivity contribution in [2.75, 3.05) is 17.5 Å². The minimum Gasteiger partial charge on any atom is -0.481 e. The Bertz CT molecular complexity index is 636. The van der Waals surface area contributed by atoms with Crippen LogP contribution in [0.4, 0.5) is 5.13 Å². The molecule has 0 aromatic carbocycles. The second-order valence-corrected chi connectivity index (χ2v) is 7.77. The van der Waals surface area contributed by atoms with Crippen molar-refractivity contribution in [1.29, 1.82) is 0 Å². The van der Waals surface area contributed by atoms with Gasteiger partial charge in [-0.05, 0) is 13.8 Å². The van der Waals surface area contributed by atoms with E-state index in [1.165, 1.54) is 13.8 Å². The summed E-state index contributed by atoms with van der Waals surface area (Å²) in [5, 5.41) is 13.2. The van der Waals surface area contributed by atoms with Gasteiger partial charge in [-0.25, -0.2) is 13.4 Å². The van der Waals surface area contributed by atoms with E-state index in [4.69, 9.17) is 5.11 Å². The van der Waals surface area contributed by atoms with Crippen LogP contribution in [-0.2, 0) is 26.0 Å². The molecule has 3 N–H and O–H groups in total. The summed E-state index contributed by atoms with van der Waals surface area (Å²) in [6.45, 7) is 3.01. The third-order valence-electron chi connectivity index (χ3n) is 2.47. The summed E-state index contributed by atoms with van der Waals surface area (Å²) in [4.78, 5) is 26.6. The highest BCUT2D eigenvalue weighted by Crippen LogP contribution is 2.17. The minimum absolute atomic E-state index is 0.000248. The van der Waals surface area contributed by atoms with Gasteiger partial charge in [-0.3, -0.25) is 14.3 Å². The molecule has 1 aromatic heterocycles. The van der Waals surface area contributed by atoms with Crippen molar-refractivity contribution in [2.24, 2.45) is 5.41 Å². The predicted octanol–water partition coefficient (Wildman–Crippen LogP) is 0.284. The second-order valence-electron chi connectivity index (χ2n) is 5.16. The van der Waals surface area contributed by atoms with Gasteiger partial charge in [0.2, 0.25) is 15.9 Å². The van der Waals surface area contributed by atoms with Gasteiger partial charge in [0.25, 0.3) is 0 Å². The fraction of sp³-hybridized carbons (Fsp3) is 0.545. The Balaban J connectivity index is 2.54. The Morgan fingerprint density at radius 3 is 2.57 bits per heavy atom. The number of hydrogen-bond acceptors (Lipinski definition) is 6. The molecule has 0 radical (unpaired) electrons. The largest absolute Gasteiger partial charge is 0.481 e. The lowest BCUT2D eigenvalue weighted by Gasteiger charge is -2.19. The van der Waals surface area contributed by atoms with Crippen LogP contribution < -0.4 is 10.0 Å². The molecule has 1 aromatic rings. The summed E-state index contributed by atoms with van der Waals surface area (Å²) in [6, 6.07) is 0. The van der Waals surface area contributed by atoms with Gasteiger partial charge in [-0.2, -0.15) is 0 Å². The topological polar surface area (TPSA) is 125 Å². The monoisotopic (exact) mass is 335 g/mol. The fourth-order valence-corrected chi connectivity index (χ4v) is 2.78. The van der Waals surface area contributed by atoms with E-state index in [9.17, 15) is 18.0 Å². The van der Waals surface area contributed by atoms with Crippen LogP contribution in [0.5, 0.6) is 0 Å². The van der Waals surface area contributed by atoms with Crippen molar-refractivity contribution in [3.8, 4) is 0 Å². The third-order valence-corrected chi connectivity index (χ3v) is 3.97. The number of nitrogens with zero attached hydrogens (tertiary/aromatic N) is 1. The molecular formula is C11H17N3O5S2. The molecule has 21 heavy (non-hydrogen) atoms. The first-order valence-corrected chi connectivity index (χ1v) is 8.69. The number of thiazole rings is 1. The minimum atomic E-state index is -3.40. The molecule has 1 rings (SSSR count). The first-order chi connectivity index (χ1) is 9.49. The van der Waals surface area contributed by atoms with E-state index in [0.29, 0.717) is 5.69 Å². The van der Waals surface area contributed by atoms with Crippen molar-refractivity contribution in [3.63, 3.8) is 0 Å². The molecular weight excluding hydrogens is 318 g/mol. The van der Waals surface area contributed by atoms with Crippen LogP contribution >= 0.6 is 11.3 Å². The van der Waals surface area contributed by atoms with Gasteiger partial charge in [0.05, 0.1) is 23.8 Å². The van der Waals surface area contributed by atoms with Crippen molar-refractivity contribution in [2.45, 2.75) is 20.3 Å². The fourth-order valence-electron chi connectivity index (χ4n) is 1.22. The number of sulfonamides is 1. The number of anilines is 1. The van der Waals surface area contributed by atoms with Crippen LogP contribution in [0.25, 0.3) is 0 Å². The zero-order chi connectivity index (χ0) is 16.3. The SMILES string of the molecule is CC(C)(CNC(=O)Cc1csc(NS(C)(=O)=O)n1)C(=O)O. The quantitative estimate of drug-likeness (QED) is 0.657. The van der Waals surface area contributed by atoms with Crippen molar-refractivity contribution >= 4 is 38.4 Å². The molecule has 8 nitrogen and oxygen atoms in total. The van der Waals surface area contributed by atoms with Gasteiger partial charge in [0, 0.05) is 11.9 Å². The number of carboxylic acid groups (broad SMARTS) is 1. The van der Waals surface area contributed by atoms with E-state index in [0.717, 1.165) is 17.6 Å². The maximum atomic E-state index is 11.7. The third kappa shape index (κ3) is 6.08. The Labute approximate surface area is 126 Å². The van der Waals surface area contributed by atoms with Crippen LogP contribution in [0.2, 0.25) is 0 Å². The number of carboxylic acids is 1. The summed E-state index contributed by atoms with van der Waals surface area (Å²) >= 11 is 1.07. The number of hydrogen-bond donors (Lipinski definition) is 3. The molecule has 0 atom stereocenters. The number of nitrogens with one attached hydrogen (secondary N) is 2. The van der Waals surface area contributed by atoms with Crippen LogP contribution in [0, 0.1) is 5.41 Å². The van der Waals surface area contributed by atoms with Crippen LogP contribution in [0.15, 0.2) is 5.38 Å². The second kappa shape index (κ2) is 6.39. The van der Waals surface area contributed by atoms with Crippen LogP contribution in [0.3, 0.4) is 0 Å². The first kappa shape index (κ1) is 17.4.